The van der Waals surface area contributed by atoms with Gasteiger partial charge in [0, 0.05) is 19.0 Å². The third-order valence-corrected chi connectivity index (χ3v) is 9.29. The van der Waals surface area contributed by atoms with E-state index in [1.807, 2.05) is 88.4 Å². The van der Waals surface area contributed by atoms with Crippen LogP contribution in [0.15, 0.2) is 108 Å². The molecule has 0 aliphatic heterocycles. The molecule has 45 heavy (non-hydrogen) atoms. The van der Waals surface area contributed by atoms with Gasteiger partial charge in [0.05, 0.1) is 17.7 Å². The summed E-state index contributed by atoms with van der Waals surface area (Å²) in [6, 6.07) is 29.2. The predicted molar refractivity (Wildman–Crippen MR) is 178 cm³/mol. The number of anilines is 1. The van der Waals surface area contributed by atoms with Crippen LogP contribution in [-0.2, 0) is 32.6 Å². The molecule has 0 spiro atoms. The molecule has 0 radical (unpaired) electrons. The van der Waals surface area contributed by atoms with Crippen LogP contribution in [0.25, 0.3) is 0 Å². The van der Waals surface area contributed by atoms with Crippen LogP contribution in [-0.4, -0.2) is 50.9 Å². The van der Waals surface area contributed by atoms with Gasteiger partial charge in [0.1, 0.15) is 18.3 Å². The molecule has 2 amide bonds. The number of sulfonamides is 1. The van der Waals surface area contributed by atoms with Crippen molar-refractivity contribution in [3.8, 4) is 5.75 Å². The van der Waals surface area contributed by atoms with E-state index in [0.717, 1.165) is 26.6 Å². The molecule has 0 heterocycles. The van der Waals surface area contributed by atoms with Gasteiger partial charge in [-0.15, -0.1) is 0 Å². The molecule has 236 valence electrons. The number of nitrogens with zero attached hydrogens (tertiary/aromatic N) is 2. The Balaban J connectivity index is 1.86. The Kier molecular flexibility index (Phi) is 11.0. The second kappa shape index (κ2) is 14.9. The third kappa shape index (κ3) is 8.30. The van der Waals surface area contributed by atoms with Gasteiger partial charge in [-0.2, -0.15) is 0 Å². The molecule has 0 saturated heterocycles. The summed E-state index contributed by atoms with van der Waals surface area (Å²) < 4.78 is 35.2. The molecule has 0 fully saturated rings. The zero-order valence-electron chi connectivity index (χ0n) is 26.4. The summed E-state index contributed by atoms with van der Waals surface area (Å²) in [6.45, 7) is 7.07. The molecule has 0 aliphatic rings. The van der Waals surface area contributed by atoms with Crippen LogP contribution in [0.2, 0.25) is 0 Å². The smallest absolute Gasteiger partial charge is 0.264 e. The van der Waals surface area contributed by atoms with E-state index in [1.54, 1.807) is 30.3 Å². The van der Waals surface area contributed by atoms with E-state index in [-0.39, 0.29) is 35.5 Å². The van der Waals surface area contributed by atoms with Crippen molar-refractivity contribution >= 4 is 27.5 Å². The van der Waals surface area contributed by atoms with Gasteiger partial charge >= 0.3 is 0 Å². The topological polar surface area (TPSA) is 96.0 Å². The molecule has 0 aromatic heterocycles. The van der Waals surface area contributed by atoms with Crippen molar-refractivity contribution in [3.05, 3.63) is 125 Å². The molecule has 1 N–H and O–H groups in total. The third-order valence-electron chi connectivity index (χ3n) is 7.52. The highest BCUT2D eigenvalue weighted by Gasteiger charge is 2.36. The Morgan fingerprint density at radius 1 is 0.844 bits per heavy atom. The minimum atomic E-state index is -4.23. The summed E-state index contributed by atoms with van der Waals surface area (Å²) in [5.74, 6) is -0.542. The van der Waals surface area contributed by atoms with Crippen LogP contribution >= 0.6 is 0 Å². The van der Waals surface area contributed by atoms with Crippen molar-refractivity contribution in [2.75, 3.05) is 18.0 Å². The van der Waals surface area contributed by atoms with Gasteiger partial charge in [-0.25, -0.2) is 8.42 Å². The number of methoxy groups -OCH3 is 1. The van der Waals surface area contributed by atoms with Gasteiger partial charge in [0.2, 0.25) is 11.8 Å². The Morgan fingerprint density at radius 2 is 1.47 bits per heavy atom. The maximum absolute atomic E-state index is 14.6. The van der Waals surface area contributed by atoms with E-state index in [9.17, 15) is 18.0 Å². The molecular formula is C36H41N3O5S. The fourth-order valence-corrected chi connectivity index (χ4v) is 6.57. The van der Waals surface area contributed by atoms with Gasteiger partial charge in [-0.1, -0.05) is 78.9 Å². The minimum Gasteiger partial charge on any atom is -0.495 e. The molecule has 1 atom stereocenters. The molecule has 0 aliphatic carbocycles. The highest BCUT2D eigenvalue weighted by molar-refractivity contribution is 7.92. The first-order valence-corrected chi connectivity index (χ1v) is 16.4. The number of hydrogen-bond donors (Lipinski definition) is 1. The second-order valence-corrected chi connectivity index (χ2v) is 13.2. The molecule has 4 aromatic carbocycles. The quantitative estimate of drug-likeness (QED) is 0.206. The lowest BCUT2D eigenvalue weighted by Gasteiger charge is -2.34. The van der Waals surface area contributed by atoms with E-state index < -0.39 is 28.5 Å². The van der Waals surface area contributed by atoms with Gasteiger partial charge in [-0.05, 0) is 74.2 Å². The first-order chi connectivity index (χ1) is 21.5. The lowest BCUT2D eigenvalue weighted by molar-refractivity contribution is -0.140. The van der Waals surface area contributed by atoms with Crippen LogP contribution < -0.4 is 14.4 Å². The maximum atomic E-state index is 14.6. The van der Waals surface area contributed by atoms with Crippen LogP contribution in [0.4, 0.5) is 5.69 Å². The first-order valence-electron chi connectivity index (χ1n) is 14.9. The zero-order chi connectivity index (χ0) is 32.6. The van der Waals surface area contributed by atoms with Crippen molar-refractivity contribution in [1.29, 1.82) is 0 Å². The molecule has 8 nitrogen and oxygen atoms in total. The standard InChI is InChI=1S/C36H41N3O5S/c1-26(2)37-36(41)33(23-29-15-8-6-9-16-29)38(24-30-17-13-12-14-28(30)4)35(40)25-39(32-22-27(3)20-21-34(32)44-5)45(42,43)31-18-10-7-11-19-31/h6-22,26,33H,23-25H2,1-5H3,(H,37,41). The number of nitrogens with one attached hydrogen (secondary N) is 1. The van der Waals surface area contributed by atoms with Gasteiger partial charge in [0.25, 0.3) is 10.0 Å². The monoisotopic (exact) mass is 627 g/mol. The van der Waals surface area contributed by atoms with Crippen LogP contribution in [0.1, 0.15) is 36.1 Å². The van der Waals surface area contributed by atoms with Crippen molar-refractivity contribution in [2.24, 2.45) is 0 Å². The van der Waals surface area contributed by atoms with Crippen molar-refractivity contribution in [3.63, 3.8) is 0 Å². The molecule has 9 heteroatoms. The molecular weight excluding hydrogens is 586 g/mol. The van der Waals surface area contributed by atoms with E-state index in [4.69, 9.17) is 4.74 Å². The van der Waals surface area contributed by atoms with Gasteiger partial charge < -0.3 is 15.0 Å². The fraction of sp³-hybridized carbons (Fsp3) is 0.278. The lowest BCUT2D eigenvalue weighted by atomic mass is 10.0. The normalized spacial score (nSPS) is 12.0. The van der Waals surface area contributed by atoms with E-state index in [2.05, 4.69) is 5.32 Å². The Hall–Kier alpha value is -4.63. The number of aryl methyl sites for hydroxylation is 2. The van der Waals surface area contributed by atoms with Gasteiger partial charge in [-0.3, -0.25) is 13.9 Å². The van der Waals surface area contributed by atoms with Crippen molar-refractivity contribution < 1.29 is 22.7 Å². The highest BCUT2D eigenvalue weighted by Crippen LogP contribution is 2.34. The average Bonchev–Trinajstić information content (AvgIpc) is 3.02. The molecule has 4 rings (SSSR count). The van der Waals surface area contributed by atoms with Gasteiger partial charge in [0.15, 0.2) is 0 Å². The summed E-state index contributed by atoms with van der Waals surface area (Å²) in [6.07, 6.45) is 0.246. The molecule has 0 bridgehead atoms. The second-order valence-electron chi connectivity index (χ2n) is 11.3. The Bertz CT molecular complexity index is 1710. The average molecular weight is 628 g/mol. The van der Waals surface area contributed by atoms with Crippen LogP contribution in [0.5, 0.6) is 5.75 Å². The Labute approximate surface area is 266 Å². The highest BCUT2D eigenvalue weighted by atomic mass is 32.2. The van der Waals surface area contributed by atoms with Crippen LogP contribution in [0, 0.1) is 13.8 Å². The molecule has 1 unspecified atom stereocenters. The maximum Gasteiger partial charge on any atom is 0.264 e. The molecule has 4 aromatic rings. The number of amides is 2. The Morgan fingerprint density at radius 3 is 2.09 bits per heavy atom. The largest absolute Gasteiger partial charge is 0.495 e. The number of rotatable bonds is 13. The fourth-order valence-electron chi connectivity index (χ4n) is 5.13. The summed E-state index contributed by atoms with van der Waals surface area (Å²) in [5.41, 5.74) is 3.70. The number of benzene rings is 4. The predicted octanol–water partition coefficient (Wildman–Crippen LogP) is 5.67. The number of carbonyl (C=O) groups is 2. The summed E-state index contributed by atoms with van der Waals surface area (Å²) in [4.78, 5) is 30.0. The minimum absolute atomic E-state index is 0.0326. The summed E-state index contributed by atoms with van der Waals surface area (Å²) in [7, 11) is -2.77. The van der Waals surface area contributed by atoms with Crippen LogP contribution in [0.3, 0.4) is 0 Å². The number of hydrogen-bond acceptors (Lipinski definition) is 5. The zero-order valence-corrected chi connectivity index (χ0v) is 27.3. The molecule has 0 saturated carbocycles. The summed E-state index contributed by atoms with van der Waals surface area (Å²) >= 11 is 0. The van der Waals surface area contributed by atoms with E-state index in [0.29, 0.717) is 5.75 Å². The number of ether oxygens (including phenoxy) is 1. The lowest BCUT2D eigenvalue weighted by Crippen LogP contribution is -2.54. The van der Waals surface area contributed by atoms with Crippen molar-refractivity contribution in [2.45, 2.75) is 57.6 Å². The first kappa shape index (κ1) is 33.3. The van der Waals surface area contributed by atoms with E-state index in [1.165, 1.54) is 24.1 Å². The summed E-state index contributed by atoms with van der Waals surface area (Å²) in [5, 5.41) is 2.98. The number of carbonyl (C=O) groups excluding carboxylic acids is 2. The SMILES string of the molecule is COc1ccc(C)cc1N(CC(=O)N(Cc1ccccc1C)C(Cc1ccccc1)C(=O)NC(C)C)S(=O)(=O)c1ccccc1. The van der Waals surface area contributed by atoms with E-state index >= 15 is 0 Å². The van der Waals surface area contributed by atoms with Crippen molar-refractivity contribution in [1.82, 2.24) is 10.2 Å².